The van der Waals surface area contributed by atoms with Gasteiger partial charge in [0, 0.05) is 0 Å². The molecule has 13 heteroatoms. The molecule has 0 aliphatic heterocycles. The third kappa shape index (κ3) is 25.0. The molecule has 0 atom stereocenters. The zero-order valence-corrected chi connectivity index (χ0v) is 22.4. The van der Waals surface area contributed by atoms with E-state index >= 15 is 0 Å². The zero-order chi connectivity index (χ0) is 26.6. The van der Waals surface area contributed by atoms with Gasteiger partial charge in [-0.25, -0.2) is 9.13 Å². The van der Waals surface area contributed by atoms with E-state index in [1.807, 2.05) is 0 Å². The lowest BCUT2D eigenvalue weighted by molar-refractivity contribution is -0.204. The lowest BCUT2D eigenvalue weighted by Gasteiger charge is -2.48. The zero-order valence-electron chi connectivity index (χ0n) is 20.6. The van der Waals surface area contributed by atoms with Crippen molar-refractivity contribution in [3.05, 3.63) is 0 Å². The second-order valence-corrected chi connectivity index (χ2v) is 10.1. The van der Waals surface area contributed by atoms with Gasteiger partial charge in [-0.15, -0.1) is 0 Å². The Kier molecular flexibility index (Phi) is 23.2. The molecule has 0 bridgehead atoms. The number of unbranched alkanes of at least 4 members (excludes halogenated alkanes) is 4. The van der Waals surface area contributed by atoms with Crippen LogP contribution in [-0.4, -0.2) is 64.0 Å². The van der Waals surface area contributed by atoms with E-state index in [9.17, 15) is 10.2 Å². The molecule has 0 rings (SSSR count). The van der Waals surface area contributed by atoms with Gasteiger partial charge in [-0.3, -0.25) is 0 Å². The summed E-state index contributed by atoms with van der Waals surface area (Å²) in [5, 5.41) is 20.9. The van der Waals surface area contributed by atoms with Crippen molar-refractivity contribution in [2.45, 2.75) is 116 Å². The van der Waals surface area contributed by atoms with Crippen molar-refractivity contribution < 1.29 is 53.4 Å². The highest BCUT2D eigenvalue weighted by atomic mass is 31.2. The highest BCUT2D eigenvalue weighted by Crippen LogP contribution is 2.43. The molecule has 0 aromatic heterocycles. The van der Waals surface area contributed by atoms with E-state index in [0.717, 1.165) is 77.0 Å². The smallest absolute Gasteiger partial charge is 0.394 e. The summed E-state index contributed by atoms with van der Waals surface area (Å²) in [6.07, 6.45) is 12.0. The molecule has 11 nitrogen and oxygen atoms in total. The monoisotopic (exact) mass is 526 g/mol. The quantitative estimate of drug-likeness (QED) is 0.137. The number of aliphatic hydroxyl groups excluding tert-OH is 1. The van der Waals surface area contributed by atoms with Gasteiger partial charge in [0.05, 0.1) is 24.4 Å². The van der Waals surface area contributed by atoms with Gasteiger partial charge in [0.15, 0.2) is 0 Å². The summed E-state index contributed by atoms with van der Waals surface area (Å²) in [4.78, 5) is 43.1. The number of phosphoric acid groups is 2. The van der Waals surface area contributed by atoms with Gasteiger partial charge < -0.3 is 44.3 Å². The summed E-state index contributed by atoms with van der Waals surface area (Å²) < 4.78 is 24.0. The normalized spacial score (nSPS) is 12.5. The molecule has 33 heavy (non-hydrogen) atoms. The molecule has 0 heterocycles. The molecule has 0 fully saturated rings. The molecular weight excluding hydrogens is 478 g/mol. The topological polar surface area (TPSA) is 205 Å². The molecule has 0 aliphatic rings. The van der Waals surface area contributed by atoms with Crippen LogP contribution < -0.4 is 0 Å². The average molecular weight is 527 g/mol. The molecule has 0 aliphatic carbocycles. The average Bonchev–Trinajstić information content (AvgIpc) is 2.68. The van der Waals surface area contributed by atoms with E-state index in [1.54, 1.807) is 0 Å². The number of aliphatic hydroxyl groups is 2. The van der Waals surface area contributed by atoms with Crippen LogP contribution in [0.1, 0.15) is 105 Å². The molecule has 0 aromatic rings. The Balaban J connectivity index is -0.000000746. The molecule has 0 radical (unpaired) electrons. The van der Waals surface area contributed by atoms with Crippen molar-refractivity contribution in [2.75, 3.05) is 13.2 Å². The highest BCUT2D eigenvalue weighted by Gasteiger charge is 2.49. The minimum absolute atomic E-state index is 0.0254. The standard InChI is InChI=1S/C20H42O3.2H3O4P/c1-5-9-13-19(22,14-10-6-2)20(15-11-7-3,16-12-8-4)23-18-17-21;2*1-5(2,3)4/h21-22H,5-18H2,1-4H3;2*(H3,1,2,3,4). The maximum atomic E-state index is 11.7. The highest BCUT2D eigenvalue weighted by molar-refractivity contribution is 7.45. The fourth-order valence-corrected chi connectivity index (χ4v) is 3.55. The third-order valence-electron chi connectivity index (χ3n) is 5.07. The van der Waals surface area contributed by atoms with Crippen LogP contribution in [0.3, 0.4) is 0 Å². The van der Waals surface area contributed by atoms with Crippen molar-refractivity contribution in [3.8, 4) is 0 Å². The number of hydrogen-bond acceptors (Lipinski definition) is 5. The van der Waals surface area contributed by atoms with Crippen LogP contribution in [0.15, 0.2) is 0 Å². The van der Waals surface area contributed by atoms with Crippen LogP contribution in [-0.2, 0) is 13.9 Å². The van der Waals surface area contributed by atoms with E-state index in [-0.39, 0.29) is 6.61 Å². The Bertz CT molecular complexity index is 468. The molecule has 0 amide bonds. The molecule has 0 unspecified atom stereocenters. The summed E-state index contributed by atoms with van der Waals surface area (Å²) in [5.41, 5.74) is -1.26. The minimum Gasteiger partial charge on any atom is -0.394 e. The Hall–Kier alpha value is 0.1000. The fraction of sp³-hybridized carbons (Fsp3) is 1.00. The van der Waals surface area contributed by atoms with Crippen molar-refractivity contribution in [2.24, 2.45) is 0 Å². The molecule has 204 valence electrons. The van der Waals surface area contributed by atoms with E-state index in [4.69, 9.17) is 43.2 Å². The van der Waals surface area contributed by atoms with Crippen molar-refractivity contribution >= 4 is 15.6 Å². The van der Waals surface area contributed by atoms with Crippen LogP contribution in [0.25, 0.3) is 0 Å². The SMILES string of the molecule is CCCCC(O)(CCCC)C(CCCC)(CCCC)OCCO.O=P(O)(O)O.O=P(O)(O)O. The Labute approximate surface area is 198 Å². The van der Waals surface area contributed by atoms with Crippen LogP contribution >= 0.6 is 15.6 Å². The fourth-order valence-electron chi connectivity index (χ4n) is 3.55. The molecule has 0 aromatic carbocycles. The first-order valence-corrected chi connectivity index (χ1v) is 14.7. The summed E-state index contributed by atoms with van der Waals surface area (Å²) in [5.74, 6) is 0. The molecule has 0 saturated heterocycles. The van der Waals surface area contributed by atoms with E-state index in [2.05, 4.69) is 27.7 Å². The van der Waals surface area contributed by atoms with Crippen molar-refractivity contribution in [1.82, 2.24) is 0 Å². The number of ether oxygens (including phenoxy) is 1. The predicted octanol–water partition coefficient (Wildman–Crippen LogP) is 3.37. The van der Waals surface area contributed by atoms with Gasteiger partial charge in [-0.05, 0) is 25.7 Å². The molecule has 0 saturated carbocycles. The van der Waals surface area contributed by atoms with Crippen LogP contribution in [0.5, 0.6) is 0 Å². The summed E-state index contributed by atoms with van der Waals surface area (Å²) in [7, 11) is -9.28. The Morgan fingerprint density at radius 2 is 0.909 bits per heavy atom. The summed E-state index contributed by atoms with van der Waals surface area (Å²) in [6, 6.07) is 0. The number of rotatable bonds is 16. The van der Waals surface area contributed by atoms with Gasteiger partial charge in [0.25, 0.3) is 0 Å². The van der Waals surface area contributed by atoms with E-state index in [0.29, 0.717) is 6.61 Å². The van der Waals surface area contributed by atoms with Crippen molar-refractivity contribution in [3.63, 3.8) is 0 Å². The van der Waals surface area contributed by atoms with E-state index in [1.165, 1.54) is 0 Å². The minimum atomic E-state index is -4.64. The Morgan fingerprint density at radius 1 is 0.636 bits per heavy atom. The summed E-state index contributed by atoms with van der Waals surface area (Å²) >= 11 is 0. The van der Waals surface area contributed by atoms with Gasteiger partial charge in [-0.2, -0.15) is 0 Å². The number of hydrogen-bond donors (Lipinski definition) is 8. The van der Waals surface area contributed by atoms with Crippen LogP contribution in [0, 0.1) is 0 Å². The first-order chi connectivity index (χ1) is 15.1. The van der Waals surface area contributed by atoms with Crippen molar-refractivity contribution in [1.29, 1.82) is 0 Å². The van der Waals surface area contributed by atoms with Gasteiger partial charge >= 0.3 is 15.6 Å². The van der Waals surface area contributed by atoms with Gasteiger partial charge in [0.2, 0.25) is 0 Å². The van der Waals surface area contributed by atoms with Gasteiger partial charge in [0.1, 0.15) is 0 Å². The maximum Gasteiger partial charge on any atom is 0.466 e. The van der Waals surface area contributed by atoms with Gasteiger partial charge in [-0.1, -0.05) is 79.1 Å². The molecular formula is C20H48O11P2. The van der Waals surface area contributed by atoms with Crippen LogP contribution in [0.4, 0.5) is 0 Å². The first-order valence-electron chi connectivity index (χ1n) is 11.6. The molecule has 0 spiro atoms. The summed E-state index contributed by atoms with van der Waals surface area (Å²) in [6.45, 7) is 9.08. The van der Waals surface area contributed by atoms with E-state index < -0.39 is 26.8 Å². The second-order valence-electron chi connectivity index (χ2n) is 8.04. The second kappa shape index (κ2) is 20.3. The largest absolute Gasteiger partial charge is 0.466 e. The van der Waals surface area contributed by atoms with Crippen LogP contribution in [0.2, 0.25) is 0 Å². The first kappa shape index (κ1) is 37.6. The predicted molar refractivity (Wildman–Crippen MR) is 127 cm³/mol. The third-order valence-corrected chi connectivity index (χ3v) is 5.07. The Morgan fingerprint density at radius 3 is 1.15 bits per heavy atom. The molecule has 8 N–H and O–H groups in total. The lowest BCUT2D eigenvalue weighted by Crippen LogP contribution is -2.56. The maximum absolute atomic E-state index is 11.7. The lowest BCUT2D eigenvalue weighted by atomic mass is 9.70.